The fraction of sp³-hybridized carbons (Fsp3) is 0. The minimum absolute atomic E-state index is 0.0145. The molecule has 2 heterocycles. The highest BCUT2D eigenvalue weighted by atomic mass is 79.9. The first kappa shape index (κ1) is 13.4. The summed E-state index contributed by atoms with van der Waals surface area (Å²) in [4.78, 5) is 4.57. The molecule has 3 rings (SSSR count). The van der Waals surface area contributed by atoms with Crippen molar-refractivity contribution in [3.63, 3.8) is 0 Å². The van der Waals surface area contributed by atoms with E-state index in [1.165, 1.54) is 15.7 Å². The van der Waals surface area contributed by atoms with Crippen LogP contribution in [0.15, 0.2) is 45.3 Å². The maximum atomic E-state index is 12.4. The lowest BCUT2D eigenvalue weighted by Crippen LogP contribution is -2.16. The molecular formula is C11H9BrN4O2S2. The zero-order chi connectivity index (χ0) is 14.3. The highest BCUT2D eigenvalue weighted by Gasteiger charge is 2.24. The normalized spacial score (nSPS) is 11.8. The van der Waals surface area contributed by atoms with Crippen LogP contribution in [0.3, 0.4) is 0 Å². The van der Waals surface area contributed by atoms with Crippen LogP contribution in [0.25, 0.3) is 4.96 Å². The van der Waals surface area contributed by atoms with Gasteiger partial charge in [-0.3, -0.25) is 9.12 Å². The molecule has 0 fully saturated rings. The largest absolute Gasteiger partial charge is 0.381 e. The molecule has 3 aromatic rings. The monoisotopic (exact) mass is 372 g/mol. The summed E-state index contributed by atoms with van der Waals surface area (Å²) in [5.41, 5.74) is 6.16. The Hall–Kier alpha value is -1.58. The number of imidazole rings is 1. The van der Waals surface area contributed by atoms with Crippen LogP contribution in [-0.4, -0.2) is 17.8 Å². The van der Waals surface area contributed by atoms with Crippen molar-refractivity contribution >= 4 is 53.8 Å². The van der Waals surface area contributed by atoms with E-state index < -0.39 is 10.0 Å². The molecule has 2 aromatic heterocycles. The van der Waals surface area contributed by atoms with Gasteiger partial charge in [0.1, 0.15) is 0 Å². The van der Waals surface area contributed by atoms with Gasteiger partial charge >= 0.3 is 0 Å². The number of thiazole rings is 1. The van der Waals surface area contributed by atoms with Crippen LogP contribution in [0.5, 0.6) is 0 Å². The number of fused-ring (bicyclic) bond motifs is 1. The maximum absolute atomic E-state index is 12.4. The minimum atomic E-state index is -3.80. The highest BCUT2D eigenvalue weighted by Crippen LogP contribution is 2.26. The van der Waals surface area contributed by atoms with Gasteiger partial charge in [-0.1, -0.05) is 22.0 Å². The van der Waals surface area contributed by atoms with Gasteiger partial charge in [-0.25, -0.2) is 4.98 Å². The maximum Gasteiger partial charge on any atom is 0.281 e. The summed E-state index contributed by atoms with van der Waals surface area (Å²) in [6.07, 6.45) is 1.62. The van der Waals surface area contributed by atoms with Crippen molar-refractivity contribution in [1.82, 2.24) is 9.38 Å². The average Bonchev–Trinajstić information content (AvgIpc) is 2.87. The van der Waals surface area contributed by atoms with E-state index in [0.717, 1.165) is 4.47 Å². The molecule has 0 saturated carbocycles. The Balaban J connectivity index is 2.08. The Bertz CT molecular complexity index is 885. The quantitative estimate of drug-likeness (QED) is 0.738. The molecule has 0 aliphatic carbocycles. The van der Waals surface area contributed by atoms with E-state index in [0.29, 0.717) is 10.6 Å². The van der Waals surface area contributed by atoms with Crippen molar-refractivity contribution in [3.05, 3.63) is 40.3 Å². The molecule has 9 heteroatoms. The number of nitrogens with one attached hydrogen (secondary N) is 1. The van der Waals surface area contributed by atoms with Crippen LogP contribution in [0.2, 0.25) is 0 Å². The molecule has 0 aliphatic rings. The van der Waals surface area contributed by atoms with Crippen molar-refractivity contribution < 1.29 is 8.42 Å². The second-order valence-electron chi connectivity index (χ2n) is 3.97. The van der Waals surface area contributed by atoms with Gasteiger partial charge in [-0.05, 0) is 18.2 Å². The second kappa shape index (κ2) is 4.76. The number of nitrogens with two attached hydrogens (primary N) is 1. The predicted octanol–water partition coefficient (Wildman–Crippen LogP) is 2.54. The molecule has 0 aliphatic heterocycles. The highest BCUT2D eigenvalue weighted by molar-refractivity contribution is 9.10. The van der Waals surface area contributed by atoms with Gasteiger partial charge in [0, 0.05) is 21.7 Å². The molecule has 3 N–H and O–H groups in total. The standard InChI is InChI=1S/C11H9BrN4O2S2/c12-7-2-1-3-8(6-7)15-20(17,18)10-9(13)14-11-16(10)4-5-19-11/h1-6,15H,13H2. The Morgan fingerprint density at radius 3 is 2.95 bits per heavy atom. The molecule has 1 aromatic carbocycles. The second-order valence-corrected chi connectivity index (χ2v) is 7.36. The van der Waals surface area contributed by atoms with Gasteiger partial charge in [0.2, 0.25) is 5.03 Å². The SMILES string of the molecule is Nc1nc2sccn2c1S(=O)(=O)Nc1cccc(Br)c1. The van der Waals surface area contributed by atoms with E-state index in [1.807, 2.05) is 6.07 Å². The molecule has 0 radical (unpaired) electrons. The van der Waals surface area contributed by atoms with Crippen molar-refractivity contribution in [2.75, 3.05) is 10.5 Å². The lowest BCUT2D eigenvalue weighted by Gasteiger charge is -2.08. The molecular weight excluding hydrogens is 364 g/mol. The average molecular weight is 373 g/mol. The van der Waals surface area contributed by atoms with E-state index in [-0.39, 0.29) is 10.8 Å². The number of aromatic nitrogens is 2. The molecule has 0 bridgehead atoms. The van der Waals surface area contributed by atoms with Crippen molar-refractivity contribution in [2.45, 2.75) is 5.03 Å². The summed E-state index contributed by atoms with van der Waals surface area (Å²) in [5.74, 6) is -0.0145. The number of sulfonamides is 1. The third-order valence-electron chi connectivity index (χ3n) is 2.57. The summed E-state index contributed by atoms with van der Waals surface area (Å²) in [6, 6.07) is 6.87. The molecule has 0 atom stereocenters. The first-order chi connectivity index (χ1) is 9.47. The predicted molar refractivity (Wildman–Crippen MR) is 82.4 cm³/mol. The summed E-state index contributed by atoms with van der Waals surface area (Å²) >= 11 is 4.61. The van der Waals surface area contributed by atoms with E-state index in [9.17, 15) is 8.42 Å². The Kier molecular flexibility index (Phi) is 3.19. The zero-order valence-corrected chi connectivity index (χ0v) is 13.2. The van der Waals surface area contributed by atoms with E-state index in [2.05, 4.69) is 25.6 Å². The summed E-state index contributed by atoms with van der Waals surface area (Å²) in [7, 11) is -3.80. The van der Waals surface area contributed by atoms with Crippen LogP contribution in [-0.2, 0) is 10.0 Å². The third-order valence-corrected chi connectivity index (χ3v) is 5.24. The van der Waals surface area contributed by atoms with E-state index in [1.54, 1.807) is 29.8 Å². The number of halogens is 1. The smallest absolute Gasteiger partial charge is 0.281 e. The van der Waals surface area contributed by atoms with Gasteiger partial charge < -0.3 is 5.73 Å². The Morgan fingerprint density at radius 2 is 2.20 bits per heavy atom. The Labute approximate surface area is 127 Å². The van der Waals surface area contributed by atoms with Crippen LogP contribution < -0.4 is 10.5 Å². The van der Waals surface area contributed by atoms with Crippen LogP contribution >= 0.6 is 27.3 Å². The number of hydrogen-bond donors (Lipinski definition) is 2. The minimum Gasteiger partial charge on any atom is -0.381 e. The number of benzene rings is 1. The van der Waals surface area contributed by atoms with Crippen LogP contribution in [0, 0.1) is 0 Å². The summed E-state index contributed by atoms with van der Waals surface area (Å²) in [6.45, 7) is 0. The lowest BCUT2D eigenvalue weighted by molar-refractivity contribution is 0.597. The number of rotatable bonds is 3. The number of nitrogen functional groups attached to an aromatic ring is 1. The fourth-order valence-corrected chi connectivity index (χ4v) is 4.24. The fourth-order valence-electron chi connectivity index (χ4n) is 1.80. The number of hydrogen-bond acceptors (Lipinski definition) is 5. The first-order valence-electron chi connectivity index (χ1n) is 5.47. The van der Waals surface area contributed by atoms with Gasteiger partial charge in [0.05, 0.1) is 0 Å². The van der Waals surface area contributed by atoms with Crippen LogP contribution in [0.1, 0.15) is 0 Å². The van der Waals surface area contributed by atoms with Crippen LogP contribution in [0.4, 0.5) is 11.5 Å². The number of anilines is 2. The van der Waals surface area contributed by atoms with Gasteiger partial charge in [0.15, 0.2) is 10.8 Å². The Morgan fingerprint density at radius 1 is 1.40 bits per heavy atom. The van der Waals surface area contributed by atoms with Crippen molar-refractivity contribution in [1.29, 1.82) is 0 Å². The lowest BCUT2D eigenvalue weighted by atomic mass is 10.3. The summed E-state index contributed by atoms with van der Waals surface area (Å²) in [5, 5.41) is 1.70. The molecule has 20 heavy (non-hydrogen) atoms. The van der Waals surface area contributed by atoms with Crippen molar-refractivity contribution in [2.24, 2.45) is 0 Å². The van der Waals surface area contributed by atoms with Crippen molar-refractivity contribution in [3.8, 4) is 0 Å². The zero-order valence-electron chi connectivity index (χ0n) is 9.95. The first-order valence-corrected chi connectivity index (χ1v) is 8.62. The molecule has 0 amide bonds. The molecule has 0 unspecified atom stereocenters. The van der Waals surface area contributed by atoms with E-state index in [4.69, 9.17) is 5.73 Å². The van der Waals surface area contributed by atoms with Gasteiger partial charge in [-0.15, -0.1) is 11.3 Å². The number of nitrogens with zero attached hydrogens (tertiary/aromatic N) is 2. The topological polar surface area (TPSA) is 89.5 Å². The van der Waals surface area contributed by atoms with Gasteiger partial charge in [-0.2, -0.15) is 8.42 Å². The van der Waals surface area contributed by atoms with Gasteiger partial charge in [0.25, 0.3) is 10.0 Å². The van der Waals surface area contributed by atoms with E-state index >= 15 is 0 Å². The third kappa shape index (κ3) is 2.28. The molecule has 0 spiro atoms. The molecule has 0 saturated heterocycles. The molecule has 104 valence electrons. The summed E-state index contributed by atoms with van der Waals surface area (Å²) < 4.78 is 29.6. The molecule has 6 nitrogen and oxygen atoms in total.